The standard InChI is InChI=1S/C14H21NO3/c1-11(15-6-3-7-16-2)12-4-5-13-14(10-12)18-9-8-17-13/h4-5,10-11,15H,3,6-9H2,1-2H3. The first kappa shape index (κ1) is 13.2. The highest BCUT2D eigenvalue weighted by molar-refractivity contribution is 5.44. The molecule has 0 radical (unpaired) electrons. The van der Waals surface area contributed by atoms with Crippen molar-refractivity contribution in [1.82, 2.24) is 5.32 Å². The summed E-state index contributed by atoms with van der Waals surface area (Å²) >= 11 is 0. The van der Waals surface area contributed by atoms with Crippen LogP contribution in [0.15, 0.2) is 18.2 Å². The molecule has 1 unspecified atom stereocenters. The van der Waals surface area contributed by atoms with Crippen LogP contribution in [0.2, 0.25) is 0 Å². The zero-order valence-corrected chi connectivity index (χ0v) is 11.1. The minimum absolute atomic E-state index is 0.303. The number of nitrogens with one attached hydrogen (secondary N) is 1. The Labute approximate surface area is 108 Å². The van der Waals surface area contributed by atoms with Crippen molar-refractivity contribution in [2.75, 3.05) is 33.5 Å². The van der Waals surface area contributed by atoms with E-state index in [1.807, 2.05) is 6.07 Å². The molecule has 1 heterocycles. The molecule has 0 saturated carbocycles. The third-order valence-electron chi connectivity index (χ3n) is 3.04. The van der Waals surface area contributed by atoms with Crippen LogP contribution in [0, 0.1) is 0 Å². The molecule has 0 aromatic heterocycles. The molecule has 0 bridgehead atoms. The second kappa shape index (κ2) is 6.61. The van der Waals surface area contributed by atoms with Crippen LogP contribution in [0.1, 0.15) is 24.9 Å². The summed E-state index contributed by atoms with van der Waals surface area (Å²) in [6.07, 6.45) is 1.02. The Morgan fingerprint density at radius 1 is 1.28 bits per heavy atom. The highest BCUT2D eigenvalue weighted by Crippen LogP contribution is 2.32. The molecular weight excluding hydrogens is 230 g/mol. The summed E-state index contributed by atoms with van der Waals surface area (Å²) in [7, 11) is 1.73. The van der Waals surface area contributed by atoms with Crippen molar-refractivity contribution in [3.63, 3.8) is 0 Å². The van der Waals surface area contributed by atoms with Gasteiger partial charge >= 0.3 is 0 Å². The minimum Gasteiger partial charge on any atom is -0.486 e. The van der Waals surface area contributed by atoms with Gasteiger partial charge in [0.2, 0.25) is 0 Å². The SMILES string of the molecule is COCCCNC(C)c1ccc2c(c1)OCCO2. The molecule has 1 aliphatic heterocycles. The van der Waals surface area contributed by atoms with E-state index in [2.05, 4.69) is 24.4 Å². The lowest BCUT2D eigenvalue weighted by molar-refractivity contribution is 0.171. The maximum absolute atomic E-state index is 5.58. The first-order valence-electron chi connectivity index (χ1n) is 6.43. The van der Waals surface area contributed by atoms with Gasteiger partial charge in [-0.25, -0.2) is 0 Å². The second-order valence-corrected chi connectivity index (χ2v) is 4.43. The first-order chi connectivity index (χ1) is 8.81. The summed E-state index contributed by atoms with van der Waals surface area (Å²) in [6.45, 7) is 5.16. The normalized spacial score (nSPS) is 15.4. The van der Waals surface area contributed by atoms with Crippen LogP contribution in [0.4, 0.5) is 0 Å². The van der Waals surface area contributed by atoms with Crippen LogP contribution >= 0.6 is 0 Å². The van der Waals surface area contributed by atoms with Crippen LogP contribution in [-0.4, -0.2) is 33.5 Å². The molecule has 1 aromatic carbocycles. The van der Waals surface area contributed by atoms with E-state index in [1.54, 1.807) is 7.11 Å². The molecule has 1 aromatic rings. The predicted octanol–water partition coefficient (Wildman–Crippen LogP) is 2.14. The molecule has 1 N–H and O–H groups in total. The lowest BCUT2D eigenvalue weighted by Gasteiger charge is -2.21. The zero-order chi connectivity index (χ0) is 12.8. The Morgan fingerprint density at radius 3 is 2.83 bits per heavy atom. The molecule has 4 heteroatoms. The van der Waals surface area contributed by atoms with Gasteiger partial charge in [0.25, 0.3) is 0 Å². The number of hydrogen-bond acceptors (Lipinski definition) is 4. The van der Waals surface area contributed by atoms with Crippen molar-refractivity contribution < 1.29 is 14.2 Å². The first-order valence-corrected chi connectivity index (χ1v) is 6.43. The lowest BCUT2D eigenvalue weighted by atomic mass is 10.1. The molecule has 1 atom stereocenters. The smallest absolute Gasteiger partial charge is 0.161 e. The molecule has 1 aliphatic rings. The average molecular weight is 251 g/mol. The number of benzene rings is 1. The van der Waals surface area contributed by atoms with Crippen molar-refractivity contribution in [3.8, 4) is 11.5 Å². The Balaban J connectivity index is 1.91. The van der Waals surface area contributed by atoms with Gasteiger partial charge < -0.3 is 19.5 Å². The monoisotopic (exact) mass is 251 g/mol. The summed E-state index contributed by atoms with van der Waals surface area (Å²) in [4.78, 5) is 0. The van der Waals surface area contributed by atoms with Crippen LogP contribution in [0.25, 0.3) is 0 Å². The molecular formula is C14H21NO3. The maximum Gasteiger partial charge on any atom is 0.161 e. The summed E-state index contributed by atoms with van der Waals surface area (Å²) in [6, 6.07) is 6.43. The lowest BCUT2D eigenvalue weighted by Crippen LogP contribution is -2.21. The summed E-state index contributed by atoms with van der Waals surface area (Å²) < 4.78 is 16.1. The Kier molecular flexibility index (Phi) is 4.84. The van der Waals surface area contributed by atoms with Crippen molar-refractivity contribution in [1.29, 1.82) is 0 Å². The van der Waals surface area contributed by atoms with Gasteiger partial charge in [-0.15, -0.1) is 0 Å². The van der Waals surface area contributed by atoms with E-state index in [0.717, 1.165) is 31.1 Å². The summed E-state index contributed by atoms with van der Waals surface area (Å²) in [5.74, 6) is 1.70. The fourth-order valence-corrected chi connectivity index (χ4v) is 1.98. The molecule has 18 heavy (non-hydrogen) atoms. The Bertz CT molecular complexity index is 381. The van der Waals surface area contributed by atoms with Crippen molar-refractivity contribution in [2.24, 2.45) is 0 Å². The van der Waals surface area contributed by atoms with E-state index >= 15 is 0 Å². The Hall–Kier alpha value is -1.26. The quantitative estimate of drug-likeness (QED) is 0.786. The number of rotatable bonds is 6. The van der Waals surface area contributed by atoms with Crippen molar-refractivity contribution >= 4 is 0 Å². The van der Waals surface area contributed by atoms with E-state index < -0.39 is 0 Å². The third-order valence-corrected chi connectivity index (χ3v) is 3.04. The summed E-state index contributed by atoms with van der Waals surface area (Å²) in [5, 5.41) is 3.46. The van der Waals surface area contributed by atoms with Gasteiger partial charge in [-0.2, -0.15) is 0 Å². The van der Waals surface area contributed by atoms with Crippen LogP contribution in [-0.2, 0) is 4.74 Å². The van der Waals surface area contributed by atoms with Gasteiger partial charge in [0.05, 0.1) is 0 Å². The van der Waals surface area contributed by atoms with E-state index in [9.17, 15) is 0 Å². The van der Waals surface area contributed by atoms with E-state index in [4.69, 9.17) is 14.2 Å². The third kappa shape index (κ3) is 3.37. The zero-order valence-electron chi connectivity index (χ0n) is 11.1. The molecule has 2 rings (SSSR count). The predicted molar refractivity (Wildman–Crippen MR) is 70.3 cm³/mol. The molecule has 0 fully saturated rings. The van der Waals surface area contributed by atoms with Gasteiger partial charge in [0.1, 0.15) is 13.2 Å². The Morgan fingerprint density at radius 2 is 2.06 bits per heavy atom. The van der Waals surface area contributed by atoms with Crippen LogP contribution < -0.4 is 14.8 Å². The van der Waals surface area contributed by atoms with Gasteiger partial charge in [0, 0.05) is 19.8 Å². The molecule has 0 amide bonds. The molecule has 100 valence electrons. The van der Waals surface area contributed by atoms with E-state index in [-0.39, 0.29) is 0 Å². The number of methoxy groups -OCH3 is 1. The van der Waals surface area contributed by atoms with Gasteiger partial charge in [-0.05, 0) is 37.6 Å². The van der Waals surface area contributed by atoms with E-state index in [0.29, 0.717) is 19.3 Å². The maximum atomic E-state index is 5.58. The topological polar surface area (TPSA) is 39.7 Å². The molecule has 0 aliphatic carbocycles. The fourth-order valence-electron chi connectivity index (χ4n) is 1.98. The molecule has 0 spiro atoms. The number of ether oxygens (including phenoxy) is 3. The van der Waals surface area contributed by atoms with Gasteiger partial charge in [0.15, 0.2) is 11.5 Å². The van der Waals surface area contributed by atoms with Crippen LogP contribution in [0.5, 0.6) is 11.5 Å². The fraction of sp³-hybridized carbons (Fsp3) is 0.571. The molecule has 4 nitrogen and oxygen atoms in total. The largest absolute Gasteiger partial charge is 0.486 e. The summed E-state index contributed by atoms with van der Waals surface area (Å²) in [5.41, 5.74) is 1.22. The van der Waals surface area contributed by atoms with Crippen LogP contribution in [0.3, 0.4) is 0 Å². The van der Waals surface area contributed by atoms with Crippen molar-refractivity contribution in [2.45, 2.75) is 19.4 Å². The van der Waals surface area contributed by atoms with E-state index in [1.165, 1.54) is 5.56 Å². The van der Waals surface area contributed by atoms with Crippen molar-refractivity contribution in [3.05, 3.63) is 23.8 Å². The second-order valence-electron chi connectivity index (χ2n) is 4.43. The average Bonchev–Trinajstić information content (AvgIpc) is 2.43. The molecule has 0 saturated heterocycles. The van der Waals surface area contributed by atoms with Gasteiger partial charge in [-0.3, -0.25) is 0 Å². The number of hydrogen-bond donors (Lipinski definition) is 1. The van der Waals surface area contributed by atoms with Gasteiger partial charge in [-0.1, -0.05) is 6.07 Å². The number of fused-ring (bicyclic) bond motifs is 1. The highest BCUT2D eigenvalue weighted by atomic mass is 16.6. The minimum atomic E-state index is 0.303. The highest BCUT2D eigenvalue weighted by Gasteiger charge is 2.13.